The number of aromatic amines is 1. The lowest BCUT2D eigenvalue weighted by molar-refractivity contribution is -0.140. The van der Waals surface area contributed by atoms with Crippen molar-refractivity contribution in [2.24, 2.45) is 5.92 Å². The maximum atomic E-state index is 13.2. The third kappa shape index (κ3) is 8.61. The van der Waals surface area contributed by atoms with E-state index in [1.807, 2.05) is 44.3 Å². The number of likely N-dealkylation sites (N-methyl/N-ethyl adjacent to an activating group) is 1. The van der Waals surface area contributed by atoms with Gasteiger partial charge >= 0.3 is 5.97 Å². The number of amides is 3. The van der Waals surface area contributed by atoms with Crippen molar-refractivity contribution in [3.63, 3.8) is 0 Å². The molecule has 1 heterocycles. The molecule has 0 aliphatic rings. The van der Waals surface area contributed by atoms with E-state index in [1.165, 1.54) is 14.2 Å². The van der Waals surface area contributed by atoms with Gasteiger partial charge in [0.25, 0.3) is 0 Å². The van der Waals surface area contributed by atoms with Gasteiger partial charge in [-0.05, 0) is 36.8 Å². The molecule has 1 unspecified atom stereocenters. The fraction of sp³-hybridized carbons (Fsp3) is 0.520. The monoisotopic (exact) mass is 504 g/mol. The summed E-state index contributed by atoms with van der Waals surface area (Å²) in [5.74, 6) is -1.38. The van der Waals surface area contributed by atoms with E-state index in [-0.39, 0.29) is 24.2 Å². The Balaban J connectivity index is 2.08. The summed E-state index contributed by atoms with van der Waals surface area (Å²) in [5.41, 5.74) is 1.85. The molecule has 2 rings (SSSR count). The van der Waals surface area contributed by atoms with Crippen molar-refractivity contribution >= 4 is 47.2 Å². The van der Waals surface area contributed by atoms with Crippen LogP contribution in [0.25, 0.3) is 10.9 Å². The van der Waals surface area contributed by atoms with Crippen LogP contribution in [0, 0.1) is 5.92 Å². The van der Waals surface area contributed by atoms with Gasteiger partial charge in [0.2, 0.25) is 17.7 Å². The largest absolute Gasteiger partial charge is 0.469 e. The highest BCUT2D eigenvalue weighted by Crippen LogP contribution is 2.19. The number of carbonyl (C=O) groups excluding carboxylic acids is 4. The van der Waals surface area contributed by atoms with Gasteiger partial charge in [0.15, 0.2) is 0 Å². The van der Waals surface area contributed by atoms with Gasteiger partial charge in [0, 0.05) is 37.0 Å². The predicted octanol–water partition coefficient (Wildman–Crippen LogP) is 2.11. The van der Waals surface area contributed by atoms with Crippen molar-refractivity contribution < 1.29 is 23.9 Å². The first kappa shape index (κ1) is 28.2. The van der Waals surface area contributed by atoms with Gasteiger partial charge in [-0.1, -0.05) is 32.0 Å². The van der Waals surface area contributed by atoms with Gasteiger partial charge in [0.05, 0.1) is 12.4 Å². The molecule has 3 amide bonds. The van der Waals surface area contributed by atoms with Crippen LogP contribution in [0.1, 0.15) is 45.1 Å². The van der Waals surface area contributed by atoms with E-state index in [0.717, 1.165) is 16.5 Å². The lowest BCUT2D eigenvalue weighted by atomic mass is 10.0. The third-order valence-corrected chi connectivity index (χ3v) is 6.20. The average Bonchev–Trinajstić information content (AvgIpc) is 3.24. The number of ether oxygens (including phenoxy) is 1. The number of hydrogen-bond donors (Lipinski definition) is 5. The van der Waals surface area contributed by atoms with Gasteiger partial charge in [-0.3, -0.25) is 19.2 Å². The summed E-state index contributed by atoms with van der Waals surface area (Å²) in [7, 11) is 2.83. The average molecular weight is 505 g/mol. The molecule has 4 N–H and O–H groups in total. The molecule has 0 fully saturated rings. The summed E-state index contributed by atoms with van der Waals surface area (Å²) in [6.07, 6.45) is 3.52. The van der Waals surface area contributed by atoms with Crippen molar-refractivity contribution in [3.05, 3.63) is 36.0 Å². The number of rotatable bonds is 13. The van der Waals surface area contributed by atoms with Crippen LogP contribution in [-0.2, 0) is 30.3 Å². The van der Waals surface area contributed by atoms with Crippen LogP contribution in [-0.4, -0.2) is 60.2 Å². The molecular formula is C25H36N4O5S. The zero-order valence-electron chi connectivity index (χ0n) is 20.7. The normalized spacial score (nSPS) is 13.7. The minimum Gasteiger partial charge on any atom is -0.469 e. The van der Waals surface area contributed by atoms with E-state index in [2.05, 4.69) is 38.3 Å². The number of methoxy groups -OCH3 is 1. The van der Waals surface area contributed by atoms with Crippen LogP contribution in [0.5, 0.6) is 0 Å². The van der Waals surface area contributed by atoms with Crippen LogP contribution < -0.4 is 16.0 Å². The smallest absolute Gasteiger partial charge is 0.305 e. The summed E-state index contributed by atoms with van der Waals surface area (Å²) >= 11 is 4.34. The molecule has 0 saturated heterocycles. The molecule has 3 atom stereocenters. The topological polar surface area (TPSA) is 129 Å². The van der Waals surface area contributed by atoms with E-state index < -0.39 is 29.1 Å². The number of thiol groups is 1. The summed E-state index contributed by atoms with van der Waals surface area (Å²) in [4.78, 5) is 53.0. The lowest BCUT2D eigenvalue weighted by Gasteiger charge is -2.25. The van der Waals surface area contributed by atoms with Gasteiger partial charge in [-0.2, -0.15) is 12.6 Å². The first-order valence-electron chi connectivity index (χ1n) is 11.8. The van der Waals surface area contributed by atoms with Crippen LogP contribution in [0.3, 0.4) is 0 Å². The molecule has 192 valence electrons. The molecule has 10 heteroatoms. The van der Waals surface area contributed by atoms with E-state index in [4.69, 9.17) is 0 Å². The Bertz CT molecular complexity index is 1020. The highest BCUT2D eigenvalue weighted by Gasteiger charge is 2.29. The quantitative estimate of drug-likeness (QED) is 0.211. The van der Waals surface area contributed by atoms with Crippen molar-refractivity contribution in [2.45, 2.75) is 63.3 Å². The van der Waals surface area contributed by atoms with Crippen molar-refractivity contribution in [2.75, 3.05) is 14.2 Å². The Kier molecular flexibility index (Phi) is 11.1. The number of esters is 1. The van der Waals surface area contributed by atoms with Gasteiger partial charge in [-0.25, -0.2) is 0 Å². The first-order chi connectivity index (χ1) is 16.7. The number of fused-ring (bicyclic) bond motifs is 1. The van der Waals surface area contributed by atoms with Crippen molar-refractivity contribution in [1.82, 2.24) is 20.9 Å². The number of carbonyl (C=O) groups is 4. The fourth-order valence-electron chi connectivity index (χ4n) is 3.82. The Hall–Kier alpha value is -3.01. The molecule has 1 aromatic heterocycles. The molecule has 0 aliphatic carbocycles. The standard InChI is InChI=1S/C25H36N4O5S/c1-15(2)12-19(29-25(33)21(35)10-7-11-22(30)34-4)24(32)28-20(23(31)26-3)13-16-14-27-18-9-6-5-8-17(16)18/h5-6,8-9,14-15,19-21,27,35H,7,10-13H2,1-4H3,(H,26,31)(H,28,32)(H,29,33)/t19-,20-,21?/m0/s1. The number of aromatic nitrogens is 1. The molecule has 1 aromatic carbocycles. The maximum absolute atomic E-state index is 13.2. The van der Waals surface area contributed by atoms with Gasteiger partial charge < -0.3 is 25.7 Å². The highest BCUT2D eigenvalue weighted by molar-refractivity contribution is 7.81. The second-order valence-electron chi connectivity index (χ2n) is 8.91. The first-order valence-corrected chi connectivity index (χ1v) is 12.3. The van der Waals surface area contributed by atoms with E-state index in [1.54, 1.807) is 0 Å². The Morgan fingerprint density at radius 3 is 2.37 bits per heavy atom. The zero-order chi connectivity index (χ0) is 26.0. The maximum Gasteiger partial charge on any atom is 0.305 e. The van der Waals surface area contributed by atoms with Crippen LogP contribution in [0.15, 0.2) is 30.5 Å². The van der Waals surface area contributed by atoms with E-state index in [0.29, 0.717) is 25.7 Å². The SMILES string of the molecule is CNC(=O)[C@H](Cc1c[nH]c2ccccc12)NC(=O)[C@H](CC(C)C)NC(=O)C(S)CCCC(=O)OC. The fourth-order valence-corrected chi connectivity index (χ4v) is 4.08. The number of H-pyrrole nitrogens is 1. The van der Waals surface area contributed by atoms with Crippen LogP contribution >= 0.6 is 12.6 Å². The summed E-state index contributed by atoms with van der Waals surface area (Å²) in [5, 5.41) is 8.50. The van der Waals surface area contributed by atoms with Gasteiger partial charge in [-0.15, -0.1) is 0 Å². The minimum atomic E-state index is -0.826. The third-order valence-electron chi connectivity index (χ3n) is 5.71. The van der Waals surface area contributed by atoms with Gasteiger partial charge in [0.1, 0.15) is 12.1 Å². The second kappa shape index (κ2) is 13.8. The molecule has 9 nitrogen and oxygen atoms in total. The Labute approximate surface area is 211 Å². The molecule has 35 heavy (non-hydrogen) atoms. The molecule has 0 radical (unpaired) electrons. The van der Waals surface area contributed by atoms with Crippen LogP contribution in [0.4, 0.5) is 0 Å². The summed E-state index contributed by atoms with van der Waals surface area (Å²) < 4.78 is 4.61. The van der Waals surface area contributed by atoms with Crippen molar-refractivity contribution in [3.8, 4) is 0 Å². The molecule has 0 saturated carbocycles. The molecule has 2 aromatic rings. The predicted molar refractivity (Wildman–Crippen MR) is 138 cm³/mol. The second-order valence-corrected chi connectivity index (χ2v) is 9.54. The zero-order valence-corrected chi connectivity index (χ0v) is 21.6. The van der Waals surface area contributed by atoms with E-state index in [9.17, 15) is 19.2 Å². The molecule has 0 bridgehead atoms. The lowest BCUT2D eigenvalue weighted by Crippen LogP contribution is -2.55. The van der Waals surface area contributed by atoms with Crippen LogP contribution in [0.2, 0.25) is 0 Å². The number of hydrogen-bond acceptors (Lipinski definition) is 6. The Morgan fingerprint density at radius 1 is 1.03 bits per heavy atom. The number of benzene rings is 1. The Morgan fingerprint density at radius 2 is 1.71 bits per heavy atom. The molecule has 0 spiro atoms. The summed E-state index contributed by atoms with van der Waals surface area (Å²) in [6, 6.07) is 6.10. The highest BCUT2D eigenvalue weighted by atomic mass is 32.1. The number of nitrogens with one attached hydrogen (secondary N) is 4. The van der Waals surface area contributed by atoms with Crippen molar-refractivity contribution in [1.29, 1.82) is 0 Å². The molecule has 0 aliphatic heterocycles. The summed E-state index contributed by atoms with van der Waals surface area (Å²) in [6.45, 7) is 3.90. The number of para-hydroxylation sites is 1. The van der Waals surface area contributed by atoms with E-state index >= 15 is 0 Å². The minimum absolute atomic E-state index is 0.121. The molecular weight excluding hydrogens is 468 g/mol.